The number of halogens is 2. The fourth-order valence-electron chi connectivity index (χ4n) is 2.99. The number of amides is 1. The summed E-state index contributed by atoms with van der Waals surface area (Å²) >= 11 is 0. The van der Waals surface area contributed by atoms with Crippen LogP contribution < -0.4 is 5.32 Å². The van der Waals surface area contributed by atoms with Crippen LogP contribution in [0, 0.1) is 36.8 Å². The normalized spacial score (nSPS) is 12.6. The highest BCUT2D eigenvalue weighted by Gasteiger charge is 2.16. The molecule has 2 rings (SSSR count). The summed E-state index contributed by atoms with van der Waals surface area (Å²) in [5, 5.41) is 12.1. The van der Waals surface area contributed by atoms with Crippen molar-refractivity contribution in [3.8, 4) is 6.07 Å². The van der Waals surface area contributed by atoms with Crippen molar-refractivity contribution in [3.63, 3.8) is 0 Å². The Kier molecular flexibility index (Phi) is 6.51. The van der Waals surface area contributed by atoms with Crippen molar-refractivity contribution in [2.75, 3.05) is 0 Å². The quantitative estimate of drug-likeness (QED) is 0.597. The van der Waals surface area contributed by atoms with E-state index in [2.05, 4.69) is 16.8 Å². The first-order chi connectivity index (χ1) is 12.8. The van der Waals surface area contributed by atoms with Gasteiger partial charge in [0.1, 0.15) is 11.6 Å². The molecule has 0 fully saturated rings. The van der Waals surface area contributed by atoms with Gasteiger partial charge in [-0.25, -0.2) is 8.78 Å². The van der Waals surface area contributed by atoms with E-state index in [-0.39, 0.29) is 5.57 Å². The average Bonchev–Trinajstić information content (AvgIpc) is 2.89. The molecule has 1 N–H and O–H groups in total. The van der Waals surface area contributed by atoms with Crippen LogP contribution in [0.4, 0.5) is 8.78 Å². The molecule has 1 aromatic heterocycles. The van der Waals surface area contributed by atoms with Crippen LogP contribution in [-0.2, 0) is 11.3 Å². The Labute approximate surface area is 158 Å². The molecule has 1 heterocycles. The van der Waals surface area contributed by atoms with Crippen LogP contribution in [0.5, 0.6) is 0 Å². The van der Waals surface area contributed by atoms with Crippen LogP contribution in [0.2, 0.25) is 0 Å². The molecule has 0 saturated heterocycles. The average molecular weight is 371 g/mol. The zero-order valence-corrected chi connectivity index (χ0v) is 15.9. The lowest BCUT2D eigenvalue weighted by Gasteiger charge is -2.14. The maximum absolute atomic E-state index is 13.4. The van der Waals surface area contributed by atoms with E-state index in [1.165, 1.54) is 6.07 Å². The number of benzene rings is 1. The number of carbonyl (C=O) groups is 1. The number of nitriles is 1. The predicted molar refractivity (Wildman–Crippen MR) is 101 cm³/mol. The Morgan fingerprint density at radius 2 is 2.00 bits per heavy atom. The largest absolute Gasteiger partial charge is 0.349 e. The van der Waals surface area contributed by atoms with Crippen LogP contribution in [0.15, 0.2) is 29.8 Å². The third kappa shape index (κ3) is 4.62. The molecule has 4 nitrogen and oxygen atoms in total. The summed E-state index contributed by atoms with van der Waals surface area (Å²) in [7, 11) is 0. The minimum atomic E-state index is -0.979. The van der Waals surface area contributed by atoms with E-state index >= 15 is 0 Å². The van der Waals surface area contributed by atoms with E-state index in [1.54, 1.807) is 13.0 Å². The molecule has 142 valence electrons. The summed E-state index contributed by atoms with van der Waals surface area (Å²) in [6, 6.07) is 6.74. The molecule has 6 heteroatoms. The molecule has 0 saturated carbocycles. The molecular weight excluding hydrogens is 348 g/mol. The van der Waals surface area contributed by atoms with Crippen LogP contribution in [0.25, 0.3) is 6.08 Å². The van der Waals surface area contributed by atoms with Crippen LogP contribution >= 0.6 is 0 Å². The first-order valence-corrected chi connectivity index (χ1v) is 8.82. The first-order valence-electron chi connectivity index (χ1n) is 8.82. The van der Waals surface area contributed by atoms with Gasteiger partial charge in [0.05, 0.1) is 6.04 Å². The van der Waals surface area contributed by atoms with E-state index in [9.17, 15) is 18.8 Å². The maximum atomic E-state index is 13.4. The van der Waals surface area contributed by atoms with Gasteiger partial charge in [-0.05, 0) is 62.6 Å². The lowest BCUT2D eigenvalue weighted by atomic mass is 10.1. The van der Waals surface area contributed by atoms with Crippen LogP contribution in [0.3, 0.4) is 0 Å². The Morgan fingerprint density at radius 3 is 2.59 bits per heavy atom. The topological polar surface area (TPSA) is 57.8 Å². The van der Waals surface area contributed by atoms with Gasteiger partial charge in [-0.15, -0.1) is 0 Å². The highest BCUT2D eigenvalue weighted by Crippen LogP contribution is 2.20. The molecule has 1 amide bonds. The van der Waals surface area contributed by atoms with E-state index in [0.29, 0.717) is 5.56 Å². The van der Waals surface area contributed by atoms with Gasteiger partial charge in [0.2, 0.25) is 0 Å². The zero-order valence-electron chi connectivity index (χ0n) is 15.9. The summed E-state index contributed by atoms with van der Waals surface area (Å²) in [5.74, 6) is -2.49. The van der Waals surface area contributed by atoms with Gasteiger partial charge in [-0.2, -0.15) is 5.26 Å². The highest BCUT2D eigenvalue weighted by atomic mass is 19.2. The second kappa shape index (κ2) is 8.63. The molecule has 0 aliphatic heterocycles. The Balaban J connectivity index is 2.23. The smallest absolute Gasteiger partial charge is 0.262 e. The number of nitrogens with one attached hydrogen (secondary N) is 1. The fraction of sp³-hybridized carbons (Fsp3) is 0.333. The number of nitrogens with zero attached hydrogens (tertiary/aromatic N) is 2. The second-order valence-electron chi connectivity index (χ2n) is 6.52. The highest BCUT2D eigenvalue weighted by molar-refractivity contribution is 6.02. The van der Waals surface area contributed by atoms with E-state index < -0.39 is 23.6 Å². The molecular formula is C21H23F2N3O. The Hall–Kier alpha value is -2.94. The minimum Gasteiger partial charge on any atom is -0.349 e. The van der Waals surface area contributed by atoms with Crippen molar-refractivity contribution in [1.82, 2.24) is 9.88 Å². The number of aromatic nitrogens is 1. The molecule has 0 radical (unpaired) electrons. The zero-order chi connectivity index (χ0) is 20.1. The van der Waals surface area contributed by atoms with Crippen LogP contribution in [0.1, 0.15) is 48.8 Å². The van der Waals surface area contributed by atoms with Crippen molar-refractivity contribution in [3.05, 3.63) is 64.0 Å². The lowest BCUT2D eigenvalue weighted by Crippen LogP contribution is -2.27. The molecule has 0 spiro atoms. The summed E-state index contributed by atoms with van der Waals surface area (Å²) in [4.78, 5) is 12.5. The fourth-order valence-corrected chi connectivity index (χ4v) is 2.99. The third-order valence-corrected chi connectivity index (χ3v) is 4.52. The van der Waals surface area contributed by atoms with Crippen LogP contribution in [-0.4, -0.2) is 10.5 Å². The molecule has 1 aromatic carbocycles. The van der Waals surface area contributed by atoms with Gasteiger partial charge >= 0.3 is 0 Å². The summed E-state index contributed by atoms with van der Waals surface area (Å²) < 4.78 is 28.6. The number of hydrogen-bond donors (Lipinski definition) is 1. The molecule has 0 bridgehead atoms. The second-order valence-corrected chi connectivity index (χ2v) is 6.52. The van der Waals surface area contributed by atoms with Gasteiger partial charge in [0.15, 0.2) is 11.6 Å². The van der Waals surface area contributed by atoms with Crippen molar-refractivity contribution >= 4 is 12.0 Å². The summed E-state index contributed by atoms with van der Waals surface area (Å²) in [5.41, 5.74) is 3.24. The van der Waals surface area contributed by atoms with Crippen molar-refractivity contribution in [2.45, 2.75) is 46.7 Å². The summed E-state index contributed by atoms with van der Waals surface area (Å²) in [6.07, 6.45) is 2.54. The molecule has 0 aliphatic rings. The van der Waals surface area contributed by atoms with Gasteiger partial charge in [0.25, 0.3) is 5.91 Å². The van der Waals surface area contributed by atoms with E-state index in [0.717, 1.165) is 42.0 Å². The lowest BCUT2D eigenvalue weighted by molar-refractivity contribution is -0.117. The first kappa shape index (κ1) is 20.4. The SMILES string of the molecule is CCCn1c(C)cc(/C=C(\C#N)C(=O)NC(C)c2ccc(F)c(F)c2)c1C. The predicted octanol–water partition coefficient (Wildman–Crippen LogP) is 4.58. The third-order valence-electron chi connectivity index (χ3n) is 4.52. The van der Waals surface area contributed by atoms with Gasteiger partial charge < -0.3 is 9.88 Å². The number of carbonyl (C=O) groups excluding carboxylic acids is 1. The number of aryl methyl sites for hydroxylation is 1. The van der Waals surface area contributed by atoms with Crippen molar-refractivity contribution in [2.24, 2.45) is 0 Å². The standard InChI is InChI=1S/C21H23F2N3O/c1-5-8-26-13(2)9-17(15(26)4)10-18(12-24)21(27)25-14(3)16-6-7-19(22)20(23)11-16/h6-7,9-11,14H,5,8H2,1-4H3,(H,25,27)/b18-10+. The Bertz CT molecular complexity index is 922. The van der Waals surface area contributed by atoms with E-state index in [4.69, 9.17) is 0 Å². The molecule has 2 aromatic rings. The Morgan fingerprint density at radius 1 is 1.30 bits per heavy atom. The van der Waals surface area contributed by atoms with Gasteiger partial charge in [-0.3, -0.25) is 4.79 Å². The number of rotatable bonds is 6. The van der Waals surface area contributed by atoms with Crippen molar-refractivity contribution in [1.29, 1.82) is 5.26 Å². The van der Waals surface area contributed by atoms with Gasteiger partial charge in [-0.1, -0.05) is 13.0 Å². The monoisotopic (exact) mass is 371 g/mol. The molecule has 0 aliphatic carbocycles. The molecule has 1 atom stereocenters. The number of hydrogen-bond acceptors (Lipinski definition) is 2. The summed E-state index contributed by atoms with van der Waals surface area (Å²) in [6.45, 7) is 8.53. The minimum absolute atomic E-state index is 0.0406. The molecule has 27 heavy (non-hydrogen) atoms. The van der Waals surface area contributed by atoms with E-state index in [1.807, 2.05) is 26.0 Å². The molecule has 1 unspecified atom stereocenters. The van der Waals surface area contributed by atoms with Gasteiger partial charge in [0, 0.05) is 17.9 Å². The van der Waals surface area contributed by atoms with Crippen molar-refractivity contribution < 1.29 is 13.6 Å². The maximum Gasteiger partial charge on any atom is 0.262 e.